The monoisotopic (exact) mass is 228 g/mol. The molecular weight excluding hydrogens is 200 g/mol. The van der Waals surface area contributed by atoms with E-state index < -0.39 is 0 Å². The summed E-state index contributed by atoms with van der Waals surface area (Å²) in [4.78, 5) is 2.45. The van der Waals surface area contributed by atoms with Gasteiger partial charge in [-0.3, -0.25) is 4.90 Å². The minimum absolute atomic E-state index is 0.217. The Morgan fingerprint density at radius 3 is 2.50 bits per heavy atom. The summed E-state index contributed by atoms with van der Waals surface area (Å²) in [5.74, 6) is 0.655. The van der Waals surface area contributed by atoms with E-state index in [9.17, 15) is 5.11 Å². The van der Waals surface area contributed by atoms with E-state index in [2.05, 4.69) is 31.0 Å². The molecule has 0 saturated heterocycles. The Bertz CT molecular complexity index is 181. The maximum absolute atomic E-state index is 9.93. The van der Waals surface area contributed by atoms with E-state index in [1.807, 2.05) is 0 Å². The predicted octanol–water partition coefficient (Wildman–Crippen LogP) is 1.47. The van der Waals surface area contributed by atoms with Gasteiger partial charge in [-0.15, -0.1) is 0 Å². The van der Waals surface area contributed by atoms with Crippen LogP contribution in [-0.4, -0.2) is 48.3 Å². The van der Waals surface area contributed by atoms with Gasteiger partial charge in [-0.1, -0.05) is 20.8 Å². The van der Waals surface area contributed by atoms with Crippen LogP contribution in [-0.2, 0) is 0 Å². The van der Waals surface area contributed by atoms with Crippen molar-refractivity contribution in [1.82, 2.24) is 10.2 Å². The lowest BCUT2D eigenvalue weighted by Crippen LogP contribution is -2.40. The second kappa shape index (κ2) is 7.25. The molecule has 1 atom stereocenters. The SMILES string of the molecule is CCCN(CC(O)CNCC(C)C)C1CC1. The van der Waals surface area contributed by atoms with Gasteiger partial charge in [-0.05, 0) is 38.3 Å². The maximum Gasteiger partial charge on any atom is 0.0791 e. The van der Waals surface area contributed by atoms with Gasteiger partial charge in [0.1, 0.15) is 0 Å². The fourth-order valence-corrected chi connectivity index (χ4v) is 2.02. The summed E-state index contributed by atoms with van der Waals surface area (Å²) >= 11 is 0. The molecule has 96 valence electrons. The molecule has 16 heavy (non-hydrogen) atoms. The second-order valence-corrected chi connectivity index (χ2v) is 5.43. The van der Waals surface area contributed by atoms with Crippen LogP contribution in [0.2, 0.25) is 0 Å². The average Bonchev–Trinajstić information content (AvgIpc) is 2.99. The molecule has 0 aromatic carbocycles. The normalized spacial score (nSPS) is 18.4. The Kier molecular flexibility index (Phi) is 6.32. The number of nitrogens with zero attached hydrogens (tertiary/aromatic N) is 1. The Balaban J connectivity index is 2.12. The molecule has 3 nitrogen and oxygen atoms in total. The Hall–Kier alpha value is -0.120. The van der Waals surface area contributed by atoms with E-state index in [-0.39, 0.29) is 6.10 Å². The van der Waals surface area contributed by atoms with Crippen molar-refractivity contribution in [3.8, 4) is 0 Å². The van der Waals surface area contributed by atoms with E-state index >= 15 is 0 Å². The quantitative estimate of drug-likeness (QED) is 0.627. The zero-order valence-corrected chi connectivity index (χ0v) is 11.1. The first kappa shape index (κ1) is 13.9. The van der Waals surface area contributed by atoms with Gasteiger partial charge >= 0.3 is 0 Å². The van der Waals surface area contributed by atoms with Crippen LogP contribution in [0.1, 0.15) is 40.0 Å². The Morgan fingerprint density at radius 1 is 1.31 bits per heavy atom. The van der Waals surface area contributed by atoms with Gasteiger partial charge in [-0.25, -0.2) is 0 Å². The fourth-order valence-electron chi connectivity index (χ4n) is 2.02. The lowest BCUT2D eigenvalue weighted by Gasteiger charge is -2.24. The van der Waals surface area contributed by atoms with Crippen LogP contribution in [0.15, 0.2) is 0 Å². The predicted molar refractivity (Wildman–Crippen MR) is 68.6 cm³/mol. The highest BCUT2D eigenvalue weighted by Gasteiger charge is 2.29. The topological polar surface area (TPSA) is 35.5 Å². The standard InChI is InChI=1S/C13H28N2O/c1-4-7-15(12-5-6-12)10-13(16)9-14-8-11(2)3/h11-14,16H,4-10H2,1-3H3. The average molecular weight is 228 g/mol. The number of rotatable bonds is 9. The molecule has 0 radical (unpaired) electrons. The molecule has 1 fully saturated rings. The van der Waals surface area contributed by atoms with E-state index in [1.54, 1.807) is 0 Å². The van der Waals surface area contributed by atoms with Crippen LogP contribution in [0.5, 0.6) is 0 Å². The molecule has 0 aromatic rings. The zero-order valence-electron chi connectivity index (χ0n) is 11.1. The van der Waals surface area contributed by atoms with Gasteiger partial charge in [0, 0.05) is 19.1 Å². The van der Waals surface area contributed by atoms with Crippen molar-refractivity contribution in [2.75, 3.05) is 26.2 Å². The van der Waals surface area contributed by atoms with Gasteiger partial charge in [0.05, 0.1) is 6.10 Å². The van der Waals surface area contributed by atoms with Crippen molar-refractivity contribution >= 4 is 0 Å². The molecule has 1 saturated carbocycles. The minimum Gasteiger partial charge on any atom is -0.390 e. The number of hydrogen-bond acceptors (Lipinski definition) is 3. The molecule has 0 aromatic heterocycles. The summed E-state index contributed by atoms with van der Waals surface area (Å²) in [6.07, 6.45) is 3.62. The molecule has 0 bridgehead atoms. The maximum atomic E-state index is 9.93. The summed E-state index contributed by atoms with van der Waals surface area (Å²) in [7, 11) is 0. The molecule has 1 rings (SSSR count). The van der Waals surface area contributed by atoms with E-state index in [4.69, 9.17) is 0 Å². The molecule has 2 N–H and O–H groups in total. The summed E-state index contributed by atoms with van der Waals surface area (Å²) in [6.45, 7) is 10.3. The lowest BCUT2D eigenvalue weighted by molar-refractivity contribution is 0.106. The lowest BCUT2D eigenvalue weighted by atomic mass is 10.2. The van der Waals surface area contributed by atoms with Crippen LogP contribution in [0.4, 0.5) is 0 Å². The number of aliphatic hydroxyl groups is 1. The van der Waals surface area contributed by atoms with Crippen LogP contribution < -0.4 is 5.32 Å². The third-order valence-electron chi connectivity index (χ3n) is 2.95. The van der Waals surface area contributed by atoms with Crippen molar-refractivity contribution in [2.45, 2.75) is 52.2 Å². The van der Waals surface area contributed by atoms with Crippen molar-refractivity contribution in [1.29, 1.82) is 0 Å². The molecule has 1 aliphatic carbocycles. The van der Waals surface area contributed by atoms with Crippen molar-refractivity contribution in [2.24, 2.45) is 5.92 Å². The van der Waals surface area contributed by atoms with Gasteiger partial charge in [-0.2, -0.15) is 0 Å². The smallest absolute Gasteiger partial charge is 0.0791 e. The van der Waals surface area contributed by atoms with Crippen LogP contribution in [0.3, 0.4) is 0 Å². The Morgan fingerprint density at radius 2 is 2.00 bits per heavy atom. The van der Waals surface area contributed by atoms with Crippen LogP contribution >= 0.6 is 0 Å². The van der Waals surface area contributed by atoms with Crippen molar-refractivity contribution in [3.63, 3.8) is 0 Å². The third kappa shape index (κ3) is 5.83. The number of nitrogens with one attached hydrogen (secondary N) is 1. The zero-order chi connectivity index (χ0) is 12.0. The molecular formula is C13H28N2O. The molecule has 0 spiro atoms. The number of hydrogen-bond donors (Lipinski definition) is 2. The van der Waals surface area contributed by atoms with Gasteiger partial charge < -0.3 is 10.4 Å². The summed E-state index contributed by atoms with van der Waals surface area (Å²) < 4.78 is 0. The van der Waals surface area contributed by atoms with Crippen LogP contribution in [0, 0.1) is 5.92 Å². The second-order valence-electron chi connectivity index (χ2n) is 5.43. The van der Waals surface area contributed by atoms with Gasteiger partial charge in [0.25, 0.3) is 0 Å². The van der Waals surface area contributed by atoms with Crippen molar-refractivity contribution < 1.29 is 5.11 Å². The molecule has 0 heterocycles. The van der Waals surface area contributed by atoms with Crippen molar-refractivity contribution in [3.05, 3.63) is 0 Å². The summed E-state index contributed by atoms with van der Waals surface area (Å²) in [6, 6.07) is 0.764. The summed E-state index contributed by atoms with van der Waals surface area (Å²) in [5, 5.41) is 13.2. The van der Waals surface area contributed by atoms with Crippen LogP contribution in [0.25, 0.3) is 0 Å². The third-order valence-corrected chi connectivity index (χ3v) is 2.95. The highest BCUT2D eigenvalue weighted by atomic mass is 16.3. The fraction of sp³-hybridized carbons (Fsp3) is 1.00. The van der Waals surface area contributed by atoms with E-state index in [0.29, 0.717) is 5.92 Å². The van der Waals surface area contributed by atoms with Gasteiger partial charge in [0.15, 0.2) is 0 Å². The highest BCUT2D eigenvalue weighted by molar-refractivity contribution is 4.85. The van der Waals surface area contributed by atoms with Gasteiger partial charge in [0.2, 0.25) is 0 Å². The molecule has 1 unspecified atom stereocenters. The molecule has 1 aliphatic rings. The first-order valence-corrected chi connectivity index (χ1v) is 6.76. The summed E-state index contributed by atoms with van der Waals surface area (Å²) in [5.41, 5.74) is 0. The van der Waals surface area contributed by atoms with E-state index in [0.717, 1.165) is 32.2 Å². The Labute approximate surface area is 100 Å². The minimum atomic E-state index is -0.217. The largest absolute Gasteiger partial charge is 0.390 e. The first-order chi connectivity index (χ1) is 7.63. The number of aliphatic hydroxyl groups excluding tert-OH is 1. The van der Waals surface area contributed by atoms with E-state index in [1.165, 1.54) is 19.3 Å². The molecule has 3 heteroatoms. The molecule has 0 aliphatic heterocycles. The first-order valence-electron chi connectivity index (χ1n) is 6.76. The molecule has 0 amide bonds. The highest BCUT2D eigenvalue weighted by Crippen LogP contribution is 2.26.